The molecule has 0 saturated carbocycles. The van der Waals surface area contributed by atoms with Crippen molar-refractivity contribution >= 4 is 23.2 Å². The zero-order valence-corrected chi connectivity index (χ0v) is 11.3. The molecule has 2 aliphatic heterocycles. The van der Waals surface area contributed by atoms with Crippen LogP contribution in [0.2, 0.25) is 0 Å². The smallest absolute Gasteiger partial charge is 0.262 e. The van der Waals surface area contributed by atoms with Crippen molar-refractivity contribution in [3.8, 4) is 5.75 Å². The van der Waals surface area contributed by atoms with Crippen LogP contribution in [0.1, 0.15) is 30.2 Å². The monoisotopic (exact) mass is 281 g/mol. The number of fused-ring (bicyclic) bond motifs is 1. The Morgan fingerprint density at radius 1 is 1.37 bits per heavy atom. The van der Waals surface area contributed by atoms with E-state index in [2.05, 4.69) is 5.32 Å². The average Bonchev–Trinajstić information content (AvgIpc) is 2.46. The summed E-state index contributed by atoms with van der Waals surface area (Å²) in [5.74, 6) is 0.557. The molecule has 3 rings (SSSR count). The number of rotatable bonds is 2. The summed E-state index contributed by atoms with van der Waals surface area (Å²) in [6, 6.07) is 5.66. The topological polar surface area (TPSA) is 47.6 Å². The van der Waals surface area contributed by atoms with Crippen molar-refractivity contribution in [1.29, 1.82) is 0 Å². The number of ether oxygens (including phenoxy) is 2. The summed E-state index contributed by atoms with van der Waals surface area (Å²) < 4.78 is 11.0. The number of benzene rings is 1. The molecular formula is C14H16ClNO3. The second-order valence-electron chi connectivity index (χ2n) is 4.90. The second-order valence-corrected chi connectivity index (χ2v) is 5.37. The van der Waals surface area contributed by atoms with Crippen LogP contribution < -0.4 is 10.1 Å². The van der Waals surface area contributed by atoms with Crippen LogP contribution in [0.15, 0.2) is 18.2 Å². The minimum absolute atomic E-state index is 0.0497. The summed E-state index contributed by atoms with van der Waals surface area (Å²) in [4.78, 5) is 11.3. The van der Waals surface area contributed by atoms with Gasteiger partial charge in [0.25, 0.3) is 5.91 Å². The predicted octanol–water partition coefficient (Wildman–Crippen LogP) is 2.87. The van der Waals surface area contributed by atoms with Crippen molar-refractivity contribution in [2.24, 2.45) is 0 Å². The lowest BCUT2D eigenvalue weighted by Crippen LogP contribution is -2.26. The Hall–Kier alpha value is -1.26. The molecule has 1 fully saturated rings. The number of carbonyl (C=O) groups is 1. The van der Waals surface area contributed by atoms with Crippen LogP contribution in [0.5, 0.6) is 5.75 Å². The zero-order chi connectivity index (χ0) is 13.2. The van der Waals surface area contributed by atoms with Crippen LogP contribution in [-0.4, -0.2) is 25.2 Å². The summed E-state index contributed by atoms with van der Waals surface area (Å²) >= 11 is 6.49. The average molecular weight is 282 g/mol. The predicted molar refractivity (Wildman–Crippen MR) is 72.8 cm³/mol. The summed E-state index contributed by atoms with van der Waals surface area (Å²) in [6.45, 7) is 0.848. The third-order valence-electron chi connectivity index (χ3n) is 3.50. The van der Waals surface area contributed by atoms with Crippen LogP contribution in [0, 0.1) is 0 Å². The normalized spacial score (nSPS) is 24.1. The van der Waals surface area contributed by atoms with E-state index in [4.69, 9.17) is 21.1 Å². The largest absolute Gasteiger partial charge is 0.482 e. The molecule has 102 valence electrons. The van der Waals surface area contributed by atoms with E-state index in [0.717, 1.165) is 31.4 Å². The molecule has 19 heavy (non-hydrogen) atoms. The summed E-state index contributed by atoms with van der Waals surface area (Å²) in [5, 5.41) is 2.60. The van der Waals surface area contributed by atoms with E-state index in [1.807, 2.05) is 18.2 Å². The molecule has 1 amide bonds. The lowest BCUT2D eigenvalue weighted by molar-refractivity contribution is -0.118. The van der Waals surface area contributed by atoms with E-state index in [9.17, 15) is 4.79 Å². The fraction of sp³-hybridized carbons (Fsp3) is 0.500. The Morgan fingerprint density at radius 3 is 3.05 bits per heavy atom. The quantitative estimate of drug-likeness (QED) is 0.848. The molecule has 2 aliphatic rings. The molecule has 0 bridgehead atoms. The van der Waals surface area contributed by atoms with Gasteiger partial charge >= 0.3 is 0 Å². The van der Waals surface area contributed by atoms with E-state index in [1.165, 1.54) is 0 Å². The van der Waals surface area contributed by atoms with Crippen molar-refractivity contribution in [2.45, 2.75) is 30.7 Å². The highest BCUT2D eigenvalue weighted by Crippen LogP contribution is 2.36. The molecule has 2 heterocycles. The van der Waals surface area contributed by atoms with Crippen LogP contribution in [-0.2, 0) is 9.53 Å². The highest BCUT2D eigenvalue weighted by Gasteiger charge is 2.25. The van der Waals surface area contributed by atoms with Gasteiger partial charge in [0, 0.05) is 6.61 Å². The number of halogens is 1. The molecule has 1 aromatic carbocycles. The van der Waals surface area contributed by atoms with Gasteiger partial charge in [0.15, 0.2) is 6.61 Å². The number of hydrogen-bond donors (Lipinski definition) is 1. The first-order valence-corrected chi connectivity index (χ1v) is 7.00. The van der Waals surface area contributed by atoms with Crippen molar-refractivity contribution in [2.75, 3.05) is 18.5 Å². The SMILES string of the molecule is O=C1COc2ccc(C(Cl)C3CCCCO3)cc2N1. The Kier molecular flexibility index (Phi) is 3.62. The van der Waals surface area contributed by atoms with Gasteiger partial charge in [0.1, 0.15) is 5.75 Å². The molecule has 2 atom stereocenters. The maximum absolute atomic E-state index is 11.3. The molecule has 1 saturated heterocycles. The second kappa shape index (κ2) is 5.39. The van der Waals surface area contributed by atoms with Crippen LogP contribution in [0.3, 0.4) is 0 Å². The van der Waals surface area contributed by atoms with E-state index >= 15 is 0 Å². The molecule has 0 aliphatic carbocycles. The third-order valence-corrected chi connectivity index (χ3v) is 4.03. The standard InChI is InChI=1S/C14H16ClNO3/c15-14(12-3-1-2-6-18-12)9-4-5-11-10(7-9)16-13(17)8-19-11/h4-5,7,12,14H,1-3,6,8H2,(H,16,17). The van der Waals surface area contributed by atoms with E-state index in [-0.39, 0.29) is 24.0 Å². The van der Waals surface area contributed by atoms with E-state index in [0.29, 0.717) is 11.4 Å². The maximum atomic E-state index is 11.3. The molecular weight excluding hydrogens is 266 g/mol. The first-order valence-electron chi connectivity index (χ1n) is 6.56. The zero-order valence-electron chi connectivity index (χ0n) is 10.5. The molecule has 1 aromatic rings. The van der Waals surface area contributed by atoms with Gasteiger partial charge in [0.2, 0.25) is 0 Å². The molecule has 0 aromatic heterocycles. The summed E-state index contributed by atoms with van der Waals surface area (Å²) in [7, 11) is 0. The Labute approximate surface area is 117 Å². The van der Waals surface area contributed by atoms with Gasteiger partial charge in [-0.3, -0.25) is 4.79 Å². The Bertz CT molecular complexity index is 486. The van der Waals surface area contributed by atoms with Gasteiger partial charge in [-0.25, -0.2) is 0 Å². The molecule has 1 N–H and O–H groups in total. The van der Waals surface area contributed by atoms with Crippen LogP contribution in [0.25, 0.3) is 0 Å². The van der Waals surface area contributed by atoms with Gasteiger partial charge in [-0.1, -0.05) is 6.07 Å². The van der Waals surface area contributed by atoms with Gasteiger partial charge in [0.05, 0.1) is 17.2 Å². The minimum atomic E-state index is -0.190. The highest BCUT2D eigenvalue weighted by molar-refractivity contribution is 6.21. The van der Waals surface area contributed by atoms with Gasteiger partial charge < -0.3 is 14.8 Å². The number of nitrogens with one attached hydrogen (secondary N) is 1. The van der Waals surface area contributed by atoms with Gasteiger partial charge in [-0.05, 0) is 37.0 Å². The number of carbonyl (C=O) groups excluding carboxylic acids is 1. The lowest BCUT2D eigenvalue weighted by Gasteiger charge is -2.27. The molecule has 2 unspecified atom stereocenters. The Balaban J connectivity index is 1.80. The number of anilines is 1. The van der Waals surface area contributed by atoms with Crippen molar-refractivity contribution in [1.82, 2.24) is 0 Å². The van der Waals surface area contributed by atoms with Crippen molar-refractivity contribution < 1.29 is 14.3 Å². The van der Waals surface area contributed by atoms with Crippen LogP contribution in [0.4, 0.5) is 5.69 Å². The number of alkyl halides is 1. The molecule has 5 heteroatoms. The van der Waals surface area contributed by atoms with Crippen LogP contribution >= 0.6 is 11.6 Å². The third kappa shape index (κ3) is 2.69. The highest BCUT2D eigenvalue weighted by atomic mass is 35.5. The Morgan fingerprint density at radius 2 is 2.26 bits per heavy atom. The van der Waals surface area contributed by atoms with Gasteiger partial charge in [-0.2, -0.15) is 0 Å². The van der Waals surface area contributed by atoms with Crippen molar-refractivity contribution in [3.63, 3.8) is 0 Å². The molecule has 0 spiro atoms. The first-order chi connectivity index (χ1) is 9.24. The first kappa shape index (κ1) is 12.8. The molecule has 4 nitrogen and oxygen atoms in total. The fourth-order valence-electron chi connectivity index (χ4n) is 2.48. The number of hydrogen-bond acceptors (Lipinski definition) is 3. The lowest BCUT2D eigenvalue weighted by atomic mass is 10.00. The summed E-state index contributed by atoms with van der Waals surface area (Å²) in [6.07, 6.45) is 3.29. The molecule has 0 radical (unpaired) electrons. The van der Waals surface area contributed by atoms with Gasteiger partial charge in [-0.15, -0.1) is 11.6 Å². The number of amides is 1. The van der Waals surface area contributed by atoms with Crippen molar-refractivity contribution in [3.05, 3.63) is 23.8 Å². The maximum Gasteiger partial charge on any atom is 0.262 e. The fourth-order valence-corrected chi connectivity index (χ4v) is 2.82. The summed E-state index contributed by atoms with van der Waals surface area (Å²) in [5.41, 5.74) is 1.65. The minimum Gasteiger partial charge on any atom is -0.482 e. The van der Waals surface area contributed by atoms with E-state index in [1.54, 1.807) is 0 Å². The van der Waals surface area contributed by atoms with E-state index < -0.39 is 0 Å².